The van der Waals surface area contributed by atoms with Gasteiger partial charge in [-0.2, -0.15) is 4.98 Å². The lowest BCUT2D eigenvalue weighted by molar-refractivity contribution is 0.100. The molecule has 0 fully saturated rings. The van der Waals surface area contributed by atoms with Crippen LogP contribution in [0.2, 0.25) is 0 Å². The third-order valence-corrected chi connectivity index (χ3v) is 2.30. The van der Waals surface area contributed by atoms with E-state index in [-0.39, 0.29) is 12.4 Å². The molecule has 1 amide bonds. The van der Waals surface area contributed by atoms with Crippen molar-refractivity contribution in [3.63, 3.8) is 0 Å². The normalized spacial score (nSPS) is 9.53. The molecule has 0 aliphatic carbocycles. The van der Waals surface area contributed by atoms with Crippen molar-refractivity contribution in [3.8, 4) is 0 Å². The van der Waals surface area contributed by atoms with E-state index in [0.29, 0.717) is 17.3 Å². The fraction of sp³-hybridized carbons (Fsp3) is 0.0833. The van der Waals surface area contributed by atoms with Gasteiger partial charge in [0.25, 0.3) is 0 Å². The standard InChI is InChI=1S/C12H13N5O.ClH/c1-7-6-10(13)17-12(15-7)16-9-4-2-8(3-5-9)11(14)18;/h2-6H,1H3,(H2,14,18)(H3,13,15,16,17);1H. The number of halogens is 1. The zero-order valence-electron chi connectivity index (χ0n) is 10.3. The number of carbonyl (C=O) groups is 1. The summed E-state index contributed by atoms with van der Waals surface area (Å²) in [5, 5.41) is 3.00. The molecule has 6 nitrogen and oxygen atoms in total. The topological polar surface area (TPSA) is 107 Å². The molecule has 1 aromatic carbocycles. The average Bonchev–Trinajstić information content (AvgIpc) is 2.28. The molecule has 2 rings (SSSR count). The van der Waals surface area contributed by atoms with E-state index in [0.717, 1.165) is 11.4 Å². The van der Waals surface area contributed by atoms with Crippen LogP contribution in [-0.4, -0.2) is 15.9 Å². The van der Waals surface area contributed by atoms with Crippen molar-refractivity contribution in [3.05, 3.63) is 41.6 Å². The van der Waals surface area contributed by atoms with E-state index in [1.54, 1.807) is 30.3 Å². The van der Waals surface area contributed by atoms with Gasteiger partial charge < -0.3 is 16.8 Å². The number of aromatic nitrogens is 2. The first-order valence-corrected chi connectivity index (χ1v) is 5.32. The van der Waals surface area contributed by atoms with Crippen LogP contribution in [0.3, 0.4) is 0 Å². The highest BCUT2D eigenvalue weighted by atomic mass is 35.5. The van der Waals surface area contributed by atoms with Crippen molar-refractivity contribution < 1.29 is 4.79 Å². The Labute approximate surface area is 116 Å². The second-order valence-electron chi connectivity index (χ2n) is 3.82. The van der Waals surface area contributed by atoms with Crippen molar-refractivity contribution in [2.45, 2.75) is 6.92 Å². The Morgan fingerprint density at radius 2 is 1.84 bits per heavy atom. The fourth-order valence-electron chi connectivity index (χ4n) is 1.50. The van der Waals surface area contributed by atoms with Gasteiger partial charge in [-0.25, -0.2) is 4.98 Å². The Morgan fingerprint density at radius 3 is 2.37 bits per heavy atom. The van der Waals surface area contributed by atoms with Gasteiger partial charge in [-0.1, -0.05) is 0 Å². The molecule has 5 N–H and O–H groups in total. The van der Waals surface area contributed by atoms with Gasteiger partial charge in [-0.15, -0.1) is 12.4 Å². The van der Waals surface area contributed by atoms with Gasteiger partial charge >= 0.3 is 0 Å². The average molecular weight is 280 g/mol. The largest absolute Gasteiger partial charge is 0.384 e. The monoisotopic (exact) mass is 279 g/mol. The number of nitrogens with zero attached hydrogens (tertiary/aromatic N) is 2. The van der Waals surface area contributed by atoms with Crippen molar-refractivity contribution in [2.75, 3.05) is 11.1 Å². The molecule has 0 unspecified atom stereocenters. The van der Waals surface area contributed by atoms with E-state index in [9.17, 15) is 4.79 Å². The molecule has 1 aromatic heterocycles. The number of benzene rings is 1. The zero-order chi connectivity index (χ0) is 13.1. The summed E-state index contributed by atoms with van der Waals surface area (Å²) in [4.78, 5) is 19.2. The molecule has 0 bridgehead atoms. The van der Waals surface area contributed by atoms with Gasteiger partial charge in [-0.05, 0) is 31.2 Å². The third kappa shape index (κ3) is 3.82. The molecule has 7 heteroatoms. The predicted octanol–water partition coefficient (Wildman–Crippen LogP) is 1.63. The summed E-state index contributed by atoms with van der Waals surface area (Å²) in [6.45, 7) is 1.83. The van der Waals surface area contributed by atoms with Gasteiger partial charge in [-0.3, -0.25) is 4.79 Å². The summed E-state index contributed by atoms with van der Waals surface area (Å²) in [7, 11) is 0. The molecule has 2 aromatic rings. The second kappa shape index (κ2) is 6.01. The summed E-state index contributed by atoms with van der Waals surface area (Å²) in [6.07, 6.45) is 0. The molecule has 19 heavy (non-hydrogen) atoms. The van der Waals surface area contributed by atoms with Crippen LogP contribution >= 0.6 is 12.4 Å². The second-order valence-corrected chi connectivity index (χ2v) is 3.82. The Hall–Kier alpha value is -2.34. The molecular weight excluding hydrogens is 266 g/mol. The maximum absolute atomic E-state index is 10.9. The minimum Gasteiger partial charge on any atom is -0.384 e. The predicted molar refractivity (Wildman–Crippen MR) is 76.7 cm³/mol. The van der Waals surface area contributed by atoms with Gasteiger partial charge in [0.2, 0.25) is 11.9 Å². The molecule has 0 saturated carbocycles. The summed E-state index contributed by atoms with van der Waals surface area (Å²) < 4.78 is 0. The summed E-state index contributed by atoms with van der Waals surface area (Å²) >= 11 is 0. The lowest BCUT2D eigenvalue weighted by Crippen LogP contribution is -2.10. The minimum atomic E-state index is -0.461. The number of rotatable bonds is 3. The van der Waals surface area contributed by atoms with Crippen molar-refractivity contribution in [2.24, 2.45) is 5.73 Å². The van der Waals surface area contributed by atoms with E-state index >= 15 is 0 Å². The fourth-order valence-corrected chi connectivity index (χ4v) is 1.50. The molecule has 0 spiro atoms. The molecule has 1 heterocycles. The summed E-state index contributed by atoms with van der Waals surface area (Å²) in [6, 6.07) is 8.39. The SMILES string of the molecule is Cc1cc(N)nc(Nc2ccc(C(N)=O)cc2)n1.Cl. The summed E-state index contributed by atoms with van der Waals surface area (Å²) in [5.74, 6) is 0.357. The quantitative estimate of drug-likeness (QED) is 0.791. The van der Waals surface area contributed by atoms with Crippen LogP contribution in [-0.2, 0) is 0 Å². The molecule has 0 aliphatic rings. The first-order chi connectivity index (χ1) is 8.54. The highest BCUT2D eigenvalue weighted by Crippen LogP contribution is 2.15. The van der Waals surface area contributed by atoms with Gasteiger partial charge in [0.15, 0.2) is 0 Å². The van der Waals surface area contributed by atoms with Crippen molar-refractivity contribution >= 4 is 35.8 Å². The first-order valence-electron chi connectivity index (χ1n) is 5.32. The van der Waals surface area contributed by atoms with Crippen LogP contribution < -0.4 is 16.8 Å². The van der Waals surface area contributed by atoms with Crippen LogP contribution in [0.4, 0.5) is 17.5 Å². The summed E-state index contributed by atoms with van der Waals surface area (Å²) in [5.41, 5.74) is 12.8. The number of nitrogen functional groups attached to an aromatic ring is 1. The number of primary amides is 1. The molecule has 0 radical (unpaired) electrons. The number of hydrogen-bond acceptors (Lipinski definition) is 5. The van der Waals surface area contributed by atoms with Crippen LogP contribution in [0, 0.1) is 6.92 Å². The molecular formula is C12H14ClN5O. The van der Waals surface area contributed by atoms with Gasteiger partial charge in [0.1, 0.15) is 5.82 Å². The van der Waals surface area contributed by atoms with Crippen LogP contribution in [0.25, 0.3) is 0 Å². The number of carbonyl (C=O) groups excluding carboxylic acids is 1. The lowest BCUT2D eigenvalue weighted by Gasteiger charge is -2.06. The molecule has 100 valence electrons. The van der Waals surface area contributed by atoms with Gasteiger partial charge in [0.05, 0.1) is 0 Å². The van der Waals surface area contributed by atoms with E-state index in [1.807, 2.05) is 6.92 Å². The van der Waals surface area contributed by atoms with Crippen molar-refractivity contribution in [1.82, 2.24) is 9.97 Å². The Balaban J connectivity index is 0.00000180. The van der Waals surface area contributed by atoms with Crippen LogP contribution in [0.15, 0.2) is 30.3 Å². The minimum absolute atomic E-state index is 0. The lowest BCUT2D eigenvalue weighted by atomic mass is 10.2. The maximum Gasteiger partial charge on any atom is 0.248 e. The zero-order valence-corrected chi connectivity index (χ0v) is 11.1. The highest BCUT2D eigenvalue weighted by molar-refractivity contribution is 5.93. The third-order valence-electron chi connectivity index (χ3n) is 2.30. The smallest absolute Gasteiger partial charge is 0.248 e. The first kappa shape index (κ1) is 14.7. The number of aryl methyl sites for hydroxylation is 1. The van der Waals surface area contributed by atoms with Crippen LogP contribution in [0.1, 0.15) is 16.1 Å². The van der Waals surface area contributed by atoms with E-state index in [4.69, 9.17) is 11.5 Å². The molecule has 0 aliphatic heterocycles. The number of anilines is 3. The molecule has 0 atom stereocenters. The Bertz CT molecular complexity index is 565. The number of amides is 1. The maximum atomic E-state index is 10.9. The van der Waals surface area contributed by atoms with Gasteiger partial charge in [0, 0.05) is 23.0 Å². The Kier molecular flexibility index (Phi) is 4.66. The van der Waals surface area contributed by atoms with Crippen molar-refractivity contribution in [1.29, 1.82) is 0 Å². The molecule has 0 saturated heterocycles. The highest BCUT2D eigenvalue weighted by Gasteiger charge is 2.02. The number of nitrogens with one attached hydrogen (secondary N) is 1. The van der Waals surface area contributed by atoms with E-state index < -0.39 is 5.91 Å². The number of hydrogen-bond donors (Lipinski definition) is 3. The number of nitrogens with two attached hydrogens (primary N) is 2. The van der Waals surface area contributed by atoms with E-state index in [2.05, 4.69) is 15.3 Å². The van der Waals surface area contributed by atoms with Crippen LogP contribution in [0.5, 0.6) is 0 Å². The Morgan fingerprint density at radius 1 is 1.21 bits per heavy atom. The van der Waals surface area contributed by atoms with E-state index in [1.165, 1.54) is 0 Å².